The molecule has 1 amide bonds. The molecule has 0 aliphatic heterocycles. The molecule has 118 valence electrons. The van der Waals surface area contributed by atoms with Gasteiger partial charge in [-0.1, -0.05) is 39.0 Å². The lowest BCUT2D eigenvalue weighted by atomic mass is 10.1. The van der Waals surface area contributed by atoms with E-state index < -0.39 is 0 Å². The summed E-state index contributed by atoms with van der Waals surface area (Å²) in [6.07, 6.45) is 7.27. The number of carbonyl (C=O) groups is 1. The quantitative estimate of drug-likeness (QED) is 0.510. The molecule has 1 aromatic rings. The van der Waals surface area contributed by atoms with Crippen LogP contribution in [0.2, 0.25) is 0 Å². The Morgan fingerprint density at radius 1 is 1.14 bits per heavy atom. The van der Waals surface area contributed by atoms with Crippen molar-refractivity contribution in [2.75, 3.05) is 18.9 Å². The highest BCUT2D eigenvalue weighted by Gasteiger charge is 2.12. The number of nitrogens with one attached hydrogen (secondary N) is 1. The Balaban J connectivity index is 2.45. The first-order valence-corrected chi connectivity index (χ1v) is 7.99. The van der Waals surface area contributed by atoms with Crippen LogP contribution in [-0.2, 0) is 0 Å². The van der Waals surface area contributed by atoms with Crippen molar-refractivity contribution < 1.29 is 9.53 Å². The summed E-state index contributed by atoms with van der Waals surface area (Å²) in [5.74, 6) is 0.463. The average molecular weight is 292 g/mol. The molecule has 0 bridgehead atoms. The average Bonchev–Trinajstić information content (AvgIpc) is 2.46. The summed E-state index contributed by atoms with van der Waals surface area (Å²) in [5, 5.41) is 2.79. The van der Waals surface area contributed by atoms with Crippen molar-refractivity contribution in [1.29, 1.82) is 0 Å². The van der Waals surface area contributed by atoms with Crippen molar-refractivity contribution in [3.63, 3.8) is 0 Å². The summed E-state index contributed by atoms with van der Waals surface area (Å²) in [7, 11) is 0. The number of hydrogen-bond acceptors (Lipinski definition) is 3. The molecule has 4 nitrogen and oxygen atoms in total. The van der Waals surface area contributed by atoms with Crippen molar-refractivity contribution >= 4 is 11.6 Å². The molecule has 1 aromatic carbocycles. The van der Waals surface area contributed by atoms with Crippen LogP contribution >= 0.6 is 0 Å². The van der Waals surface area contributed by atoms with Gasteiger partial charge in [0.05, 0.1) is 12.2 Å². The van der Waals surface area contributed by atoms with E-state index >= 15 is 0 Å². The van der Waals surface area contributed by atoms with Gasteiger partial charge in [0, 0.05) is 18.3 Å². The number of carbonyl (C=O) groups excluding carboxylic acids is 1. The van der Waals surface area contributed by atoms with Crippen LogP contribution in [0.1, 0.15) is 62.7 Å². The summed E-state index contributed by atoms with van der Waals surface area (Å²) < 4.78 is 5.75. The Kier molecular flexibility index (Phi) is 8.32. The van der Waals surface area contributed by atoms with E-state index in [2.05, 4.69) is 12.2 Å². The highest BCUT2D eigenvalue weighted by Crippen LogP contribution is 2.22. The van der Waals surface area contributed by atoms with Gasteiger partial charge in [-0.25, -0.2) is 0 Å². The van der Waals surface area contributed by atoms with Crippen LogP contribution in [0.25, 0.3) is 0 Å². The molecule has 0 unspecified atom stereocenters. The van der Waals surface area contributed by atoms with Crippen molar-refractivity contribution in [1.82, 2.24) is 5.32 Å². The first kappa shape index (κ1) is 17.3. The number of nitrogens with two attached hydrogens (primary N) is 1. The van der Waals surface area contributed by atoms with E-state index in [0.29, 0.717) is 30.2 Å². The lowest BCUT2D eigenvalue weighted by Crippen LogP contribution is -2.23. The number of unbranched alkanes of at least 4 members (excludes halogenated alkanes) is 5. The molecule has 1 rings (SSSR count). The minimum Gasteiger partial charge on any atom is -0.493 e. The van der Waals surface area contributed by atoms with E-state index in [0.717, 1.165) is 6.42 Å². The van der Waals surface area contributed by atoms with E-state index in [1.54, 1.807) is 18.2 Å². The molecule has 4 heteroatoms. The summed E-state index contributed by atoms with van der Waals surface area (Å²) in [4.78, 5) is 12.0. The molecule has 3 N–H and O–H groups in total. The minimum atomic E-state index is -0.115. The topological polar surface area (TPSA) is 64.3 Å². The van der Waals surface area contributed by atoms with Crippen LogP contribution < -0.4 is 15.8 Å². The smallest absolute Gasteiger partial charge is 0.255 e. The molecular weight excluding hydrogens is 264 g/mol. The van der Waals surface area contributed by atoms with Crippen LogP contribution in [0.15, 0.2) is 18.2 Å². The van der Waals surface area contributed by atoms with E-state index in [1.165, 1.54) is 32.1 Å². The predicted octanol–water partition coefficient (Wildman–Crippen LogP) is 3.76. The molecule has 0 aliphatic rings. The van der Waals surface area contributed by atoms with Crippen LogP contribution in [0.5, 0.6) is 5.75 Å². The van der Waals surface area contributed by atoms with Gasteiger partial charge in [0.25, 0.3) is 5.91 Å². The summed E-state index contributed by atoms with van der Waals surface area (Å²) >= 11 is 0. The maximum atomic E-state index is 12.0. The minimum absolute atomic E-state index is 0.115. The molecule has 0 radical (unpaired) electrons. The fraction of sp³-hybridized carbons (Fsp3) is 0.588. The maximum absolute atomic E-state index is 12.0. The number of ether oxygens (including phenoxy) is 1. The van der Waals surface area contributed by atoms with Gasteiger partial charge < -0.3 is 15.8 Å². The molecule has 0 atom stereocenters. The Labute approximate surface area is 128 Å². The predicted molar refractivity (Wildman–Crippen MR) is 87.7 cm³/mol. The van der Waals surface area contributed by atoms with E-state index in [1.807, 2.05) is 6.92 Å². The second-order valence-corrected chi connectivity index (χ2v) is 5.23. The van der Waals surface area contributed by atoms with Gasteiger partial charge in [-0.15, -0.1) is 0 Å². The van der Waals surface area contributed by atoms with Gasteiger partial charge in [-0.3, -0.25) is 4.79 Å². The second kappa shape index (κ2) is 10.1. The number of nitrogen functional groups attached to an aromatic ring is 1. The fourth-order valence-electron chi connectivity index (χ4n) is 2.17. The Hall–Kier alpha value is -1.71. The monoisotopic (exact) mass is 292 g/mol. The van der Waals surface area contributed by atoms with Crippen LogP contribution in [0, 0.1) is 0 Å². The van der Waals surface area contributed by atoms with Gasteiger partial charge in [0.15, 0.2) is 0 Å². The number of benzene rings is 1. The van der Waals surface area contributed by atoms with Crippen molar-refractivity contribution in [2.45, 2.75) is 52.4 Å². The van der Waals surface area contributed by atoms with Crippen LogP contribution in [0.3, 0.4) is 0 Å². The number of amides is 1. The van der Waals surface area contributed by atoms with E-state index in [-0.39, 0.29) is 5.91 Å². The van der Waals surface area contributed by atoms with E-state index in [4.69, 9.17) is 10.5 Å². The SMILES string of the molecule is CCCCCCCCOc1cc(N)ccc1C(=O)NCC. The highest BCUT2D eigenvalue weighted by molar-refractivity contribution is 5.97. The standard InChI is InChI=1S/C17H28N2O2/c1-3-5-6-7-8-9-12-21-16-13-14(18)10-11-15(16)17(20)19-4-2/h10-11,13H,3-9,12,18H2,1-2H3,(H,19,20). The summed E-state index contributed by atoms with van der Waals surface area (Å²) in [5.41, 5.74) is 6.94. The van der Waals surface area contributed by atoms with Gasteiger partial charge in [-0.05, 0) is 25.5 Å². The Bertz CT molecular complexity index is 433. The first-order valence-electron chi connectivity index (χ1n) is 7.99. The first-order chi connectivity index (χ1) is 10.2. The zero-order chi connectivity index (χ0) is 15.5. The van der Waals surface area contributed by atoms with Crippen LogP contribution in [0.4, 0.5) is 5.69 Å². The lowest BCUT2D eigenvalue weighted by Gasteiger charge is -2.12. The highest BCUT2D eigenvalue weighted by atomic mass is 16.5. The molecule has 0 aliphatic carbocycles. The van der Waals surface area contributed by atoms with Crippen molar-refractivity contribution in [2.24, 2.45) is 0 Å². The zero-order valence-corrected chi connectivity index (χ0v) is 13.3. The van der Waals surface area contributed by atoms with E-state index in [9.17, 15) is 4.79 Å². The van der Waals surface area contributed by atoms with Gasteiger partial charge in [0.2, 0.25) is 0 Å². The lowest BCUT2D eigenvalue weighted by molar-refractivity contribution is 0.0951. The molecule has 0 fully saturated rings. The normalized spacial score (nSPS) is 10.4. The molecule has 21 heavy (non-hydrogen) atoms. The third-order valence-electron chi connectivity index (χ3n) is 3.34. The number of hydrogen-bond donors (Lipinski definition) is 2. The summed E-state index contributed by atoms with van der Waals surface area (Å²) in [6.45, 7) is 5.33. The molecule has 0 aromatic heterocycles. The zero-order valence-electron chi connectivity index (χ0n) is 13.3. The third-order valence-corrected chi connectivity index (χ3v) is 3.34. The molecule has 0 heterocycles. The van der Waals surface area contributed by atoms with Gasteiger partial charge in [-0.2, -0.15) is 0 Å². The van der Waals surface area contributed by atoms with Crippen molar-refractivity contribution in [3.05, 3.63) is 23.8 Å². The van der Waals surface area contributed by atoms with Crippen LogP contribution in [-0.4, -0.2) is 19.1 Å². The second-order valence-electron chi connectivity index (χ2n) is 5.23. The molecule has 0 saturated heterocycles. The van der Waals surface area contributed by atoms with Gasteiger partial charge in [0.1, 0.15) is 5.75 Å². The summed E-state index contributed by atoms with van der Waals surface area (Å²) in [6, 6.07) is 5.17. The molecule has 0 saturated carbocycles. The maximum Gasteiger partial charge on any atom is 0.255 e. The molecule has 0 spiro atoms. The number of rotatable bonds is 10. The van der Waals surface area contributed by atoms with Crippen molar-refractivity contribution in [3.8, 4) is 5.75 Å². The largest absolute Gasteiger partial charge is 0.493 e. The third kappa shape index (κ3) is 6.52. The number of anilines is 1. The Morgan fingerprint density at radius 3 is 2.57 bits per heavy atom. The molecular formula is C17H28N2O2. The van der Waals surface area contributed by atoms with Gasteiger partial charge >= 0.3 is 0 Å². The Morgan fingerprint density at radius 2 is 1.86 bits per heavy atom. The fourth-order valence-corrected chi connectivity index (χ4v) is 2.17.